The summed E-state index contributed by atoms with van der Waals surface area (Å²) in [6.45, 7) is 11.5. The number of carbonyl (C=O) groups is 1. The molecule has 1 aromatic heterocycles. The summed E-state index contributed by atoms with van der Waals surface area (Å²) >= 11 is 0. The molecule has 5 nitrogen and oxygen atoms in total. The average Bonchev–Trinajstić information content (AvgIpc) is 2.66. The fraction of sp³-hybridized carbons (Fsp3) is 0.545. The van der Waals surface area contributed by atoms with Gasteiger partial charge in [-0.15, -0.1) is 0 Å². The Hall–Kier alpha value is -2.14. The van der Waals surface area contributed by atoms with Gasteiger partial charge in [0.1, 0.15) is 17.5 Å². The van der Waals surface area contributed by atoms with Crippen LogP contribution in [0.1, 0.15) is 51.0 Å². The number of rotatable bonds is 6. The van der Waals surface area contributed by atoms with Gasteiger partial charge in [0.15, 0.2) is 0 Å². The minimum atomic E-state index is -0.122. The van der Waals surface area contributed by atoms with E-state index in [9.17, 15) is 4.79 Å². The van der Waals surface area contributed by atoms with Crippen LogP contribution < -0.4 is 10.1 Å². The molecule has 3 rings (SSSR count). The number of likely N-dealkylation sites (tertiary alicyclic amines) is 1. The van der Waals surface area contributed by atoms with E-state index in [4.69, 9.17) is 4.74 Å². The second-order valence-corrected chi connectivity index (χ2v) is 8.10. The van der Waals surface area contributed by atoms with Gasteiger partial charge >= 0.3 is 0 Å². The fourth-order valence-electron chi connectivity index (χ4n) is 3.39. The molecule has 1 aromatic carbocycles. The van der Waals surface area contributed by atoms with Crippen LogP contribution in [0.5, 0.6) is 5.75 Å². The van der Waals surface area contributed by atoms with Gasteiger partial charge in [-0.25, -0.2) is 4.98 Å². The van der Waals surface area contributed by atoms with Gasteiger partial charge in [-0.3, -0.25) is 4.79 Å². The Balaban J connectivity index is 1.64. The lowest BCUT2D eigenvalue weighted by atomic mass is 10.1. The molecular weight excluding hydrogens is 338 g/mol. The van der Waals surface area contributed by atoms with Crippen molar-refractivity contribution >= 4 is 16.8 Å². The highest BCUT2D eigenvalue weighted by atomic mass is 16.5. The highest BCUT2D eigenvalue weighted by molar-refractivity contribution is 5.95. The van der Waals surface area contributed by atoms with E-state index in [1.54, 1.807) is 6.07 Å². The molecule has 0 unspecified atom stereocenters. The Kier molecular flexibility index (Phi) is 6.32. The monoisotopic (exact) mass is 369 g/mol. The minimum Gasteiger partial charge on any atom is -0.490 e. The van der Waals surface area contributed by atoms with Crippen LogP contribution >= 0.6 is 0 Å². The summed E-state index contributed by atoms with van der Waals surface area (Å²) in [5, 5.41) is 3.90. The zero-order valence-electron chi connectivity index (χ0n) is 16.9. The van der Waals surface area contributed by atoms with Crippen molar-refractivity contribution in [1.29, 1.82) is 0 Å². The summed E-state index contributed by atoms with van der Waals surface area (Å²) in [6, 6.07) is 10.2. The van der Waals surface area contributed by atoms with Crippen LogP contribution in [-0.2, 0) is 0 Å². The van der Waals surface area contributed by atoms with Gasteiger partial charge in [0, 0.05) is 31.1 Å². The second kappa shape index (κ2) is 8.70. The number of carbonyl (C=O) groups excluding carboxylic acids is 1. The van der Waals surface area contributed by atoms with Crippen molar-refractivity contribution in [1.82, 2.24) is 15.2 Å². The quantitative estimate of drug-likeness (QED) is 0.840. The largest absolute Gasteiger partial charge is 0.490 e. The number of amides is 1. The van der Waals surface area contributed by atoms with Gasteiger partial charge in [0.25, 0.3) is 5.91 Å². The number of benzene rings is 1. The SMILES string of the molecule is CC(C)CNC(=O)c1ccc2cc(OC3CCN(C(C)C)CC3)ccc2n1. The van der Waals surface area contributed by atoms with Crippen molar-refractivity contribution in [2.75, 3.05) is 19.6 Å². The van der Waals surface area contributed by atoms with Gasteiger partial charge in [-0.1, -0.05) is 19.9 Å². The maximum atomic E-state index is 12.2. The number of fused-ring (bicyclic) bond motifs is 1. The van der Waals surface area contributed by atoms with Gasteiger partial charge < -0.3 is 15.0 Å². The Labute approximate surface area is 162 Å². The van der Waals surface area contributed by atoms with Crippen molar-refractivity contribution in [2.45, 2.75) is 52.7 Å². The summed E-state index contributed by atoms with van der Waals surface area (Å²) in [6.07, 6.45) is 2.39. The molecule has 1 aliphatic heterocycles. The zero-order valence-corrected chi connectivity index (χ0v) is 16.9. The van der Waals surface area contributed by atoms with Gasteiger partial charge in [-0.2, -0.15) is 0 Å². The Morgan fingerprint density at radius 1 is 1.19 bits per heavy atom. The second-order valence-electron chi connectivity index (χ2n) is 8.10. The Morgan fingerprint density at radius 3 is 2.59 bits per heavy atom. The van der Waals surface area contributed by atoms with Crippen LogP contribution in [0.25, 0.3) is 10.9 Å². The van der Waals surface area contributed by atoms with Crippen LogP contribution in [-0.4, -0.2) is 47.6 Å². The van der Waals surface area contributed by atoms with Gasteiger partial charge in [0.05, 0.1) is 5.52 Å². The van der Waals surface area contributed by atoms with E-state index in [1.807, 2.05) is 24.3 Å². The first-order valence-electron chi connectivity index (χ1n) is 10.0. The van der Waals surface area contributed by atoms with E-state index in [0.717, 1.165) is 42.6 Å². The Bertz CT molecular complexity index is 780. The van der Waals surface area contributed by atoms with Crippen LogP contribution in [0.15, 0.2) is 30.3 Å². The zero-order chi connectivity index (χ0) is 19.4. The van der Waals surface area contributed by atoms with E-state index in [-0.39, 0.29) is 12.0 Å². The number of hydrogen-bond acceptors (Lipinski definition) is 4. The average molecular weight is 370 g/mol. The van der Waals surface area contributed by atoms with E-state index in [2.05, 4.69) is 42.9 Å². The molecule has 5 heteroatoms. The lowest BCUT2D eigenvalue weighted by Gasteiger charge is -2.34. The van der Waals surface area contributed by atoms with Crippen molar-refractivity contribution < 1.29 is 9.53 Å². The first-order valence-corrected chi connectivity index (χ1v) is 10.0. The van der Waals surface area contributed by atoms with Crippen LogP contribution in [0, 0.1) is 5.92 Å². The predicted octanol–water partition coefficient (Wildman–Crippen LogP) is 3.87. The van der Waals surface area contributed by atoms with Crippen LogP contribution in [0.2, 0.25) is 0 Å². The maximum Gasteiger partial charge on any atom is 0.269 e. The smallest absolute Gasteiger partial charge is 0.269 e. The van der Waals surface area contributed by atoms with Crippen molar-refractivity contribution in [3.8, 4) is 5.75 Å². The molecule has 1 aliphatic rings. The van der Waals surface area contributed by atoms with Gasteiger partial charge in [0.2, 0.25) is 0 Å². The standard InChI is InChI=1S/C22H31N3O2/c1-15(2)14-23-22(26)21-7-5-17-13-19(6-8-20(17)24-21)27-18-9-11-25(12-10-18)16(3)4/h5-8,13,15-16,18H,9-12,14H2,1-4H3,(H,23,26). The highest BCUT2D eigenvalue weighted by Crippen LogP contribution is 2.24. The molecule has 0 aliphatic carbocycles. The summed E-state index contributed by atoms with van der Waals surface area (Å²) in [5.41, 5.74) is 1.27. The van der Waals surface area contributed by atoms with E-state index in [1.165, 1.54) is 0 Å². The molecule has 2 heterocycles. The van der Waals surface area contributed by atoms with Crippen molar-refractivity contribution in [3.63, 3.8) is 0 Å². The number of ether oxygens (including phenoxy) is 1. The number of nitrogens with zero attached hydrogens (tertiary/aromatic N) is 2. The van der Waals surface area contributed by atoms with Gasteiger partial charge in [-0.05, 0) is 56.9 Å². The summed E-state index contributed by atoms with van der Waals surface area (Å²) in [7, 11) is 0. The molecule has 1 N–H and O–H groups in total. The summed E-state index contributed by atoms with van der Waals surface area (Å²) in [4.78, 5) is 19.2. The third-order valence-corrected chi connectivity index (χ3v) is 5.07. The van der Waals surface area contributed by atoms with E-state index >= 15 is 0 Å². The summed E-state index contributed by atoms with van der Waals surface area (Å²) in [5.74, 6) is 1.17. The lowest BCUT2D eigenvalue weighted by Crippen LogP contribution is -2.41. The molecular formula is C22H31N3O2. The molecule has 146 valence electrons. The number of hydrogen-bond donors (Lipinski definition) is 1. The van der Waals surface area contributed by atoms with Crippen molar-refractivity contribution in [2.24, 2.45) is 5.92 Å². The third-order valence-electron chi connectivity index (χ3n) is 5.07. The normalized spacial score (nSPS) is 16.2. The lowest BCUT2D eigenvalue weighted by molar-refractivity contribution is 0.0844. The summed E-state index contributed by atoms with van der Waals surface area (Å²) < 4.78 is 6.20. The molecule has 0 saturated carbocycles. The predicted molar refractivity (Wildman–Crippen MR) is 109 cm³/mol. The van der Waals surface area contributed by atoms with Crippen molar-refractivity contribution in [3.05, 3.63) is 36.0 Å². The first kappa shape index (κ1) is 19.6. The number of aromatic nitrogens is 1. The molecule has 2 aromatic rings. The Morgan fingerprint density at radius 2 is 1.93 bits per heavy atom. The number of piperidine rings is 1. The molecule has 0 bridgehead atoms. The molecule has 1 fully saturated rings. The third kappa shape index (κ3) is 5.19. The van der Waals surface area contributed by atoms with Crippen LogP contribution in [0.3, 0.4) is 0 Å². The minimum absolute atomic E-state index is 0.122. The first-order chi connectivity index (χ1) is 12.9. The fourth-order valence-corrected chi connectivity index (χ4v) is 3.39. The van der Waals surface area contributed by atoms with E-state index in [0.29, 0.717) is 24.2 Å². The number of nitrogens with one attached hydrogen (secondary N) is 1. The molecule has 1 saturated heterocycles. The van der Waals surface area contributed by atoms with E-state index < -0.39 is 0 Å². The maximum absolute atomic E-state index is 12.2. The highest BCUT2D eigenvalue weighted by Gasteiger charge is 2.22. The molecule has 0 radical (unpaired) electrons. The molecule has 0 spiro atoms. The molecule has 1 amide bonds. The number of pyridine rings is 1. The van der Waals surface area contributed by atoms with Crippen LogP contribution in [0.4, 0.5) is 0 Å². The topological polar surface area (TPSA) is 54.5 Å². The molecule has 0 atom stereocenters. The molecule has 27 heavy (non-hydrogen) atoms.